The molecule has 1 N–H and O–H groups in total. The smallest absolute Gasteiger partial charge is 0.165 e. The summed E-state index contributed by atoms with van der Waals surface area (Å²) in [5.74, 6) is 1.98. The Morgan fingerprint density at radius 3 is 3.30 bits per heavy atom. The number of nitrogens with zero attached hydrogens (tertiary/aromatic N) is 7. The van der Waals surface area contributed by atoms with Crippen LogP contribution in [0, 0.1) is 0 Å². The van der Waals surface area contributed by atoms with Gasteiger partial charge in [-0.15, -0.1) is 5.10 Å². The second-order valence-electron chi connectivity index (χ2n) is 5.15. The van der Waals surface area contributed by atoms with Gasteiger partial charge in [-0.3, -0.25) is 0 Å². The molecule has 1 aliphatic heterocycles. The van der Waals surface area contributed by atoms with Gasteiger partial charge < -0.3 is 5.32 Å². The molecular formula is C12H20N8. The first-order valence-corrected chi connectivity index (χ1v) is 7.22. The van der Waals surface area contributed by atoms with E-state index >= 15 is 0 Å². The summed E-state index contributed by atoms with van der Waals surface area (Å²) in [6.07, 6.45) is 5.92. The van der Waals surface area contributed by atoms with Gasteiger partial charge in [0.05, 0.1) is 13.1 Å². The maximum Gasteiger partial charge on any atom is 0.165 e. The van der Waals surface area contributed by atoms with Gasteiger partial charge in [-0.2, -0.15) is 5.10 Å². The van der Waals surface area contributed by atoms with Crippen LogP contribution in [-0.4, -0.2) is 41.0 Å². The van der Waals surface area contributed by atoms with Crippen molar-refractivity contribution in [2.45, 2.75) is 58.3 Å². The first-order valence-electron chi connectivity index (χ1n) is 7.22. The van der Waals surface area contributed by atoms with Crippen LogP contribution in [0.15, 0.2) is 6.33 Å². The minimum Gasteiger partial charge on any atom is -0.305 e. The first-order chi connectivity index (χ1) is 9.86. The van der Waals surface area contributed by atoms with E-state index in [9.17, 15) is 0 Å². The van der Waals surface area contributed by atoms with Gasteiger partial charge in [0.15, 0.2) is 5.82 Å². The fourth-order valence-corrected chi connectivity index (χ4v) is 2.47. The van der Waals surface area contributed by atoms with E-state index in [0.717, 1.165) is 50.4 Å². The summed E-state index contributed by atoms with van der Waals surface area (Å²) in [7, 11) is 0. The number of hydrogen-bond acceptors (Lipinski definition) is 6. The van der Waals surface area contributed by atoms with Crippen molar-refractivity contribution >= 4 is 0 Å². The molecule has 0 amide bonds. The van der Waals surface area contributed by atoms with Crippen LogP contribution in [0.25, 0.3) is 0 Å². The standard InChI is InChI=1S/C12H20N8/c1-2-3-6-19-12(16-17-18-19)7-13-10-4-5-11-14-9-15-20(11)8-10/h9-10,13H,2-8H2,1H3/t10-/m1/s1. The molecule has 108 valence electrons. The molecule has 8 heteroatoms. The normalized spacial score (nSPS) is 18.1. The van der Waals surface area contributed by atoms with Crippen LogP contribution in [0.3, 0.4) is 0 Å². The summed E-state index contributed by atoms with van der Waals surface area (Å²) in [6.45, 7) is 4.62. The van der Waals surface area contributed by atoms with E-state index in [-0.39, 0.29) is 0 Å². The number of tetrazole rings is 1. The highest BCUT2D eigenvalue weighted by atomic mass is 15.5. The number of aromatic nitrogens is 7. The SMILES string of the molecule is CCCCn1nnnc1CN[C@@H]1CCc2ncnn2C1. The third-order valence-electron chi connectivity index (χ3n) is 3.68. The monoisotopic (exact) mass is 276 g/mol. The molecule has 20 heavy (non-hydrogen) atoms. The van der Waals surface area contributed by atoms with E-state index in [4.69, 9.17) is 0 Å². The lowest BCUT2D eigenvalue weighted by Crippen LogP contribution is -2.38. The minimum absolute atomic E-state index is 0.403. The Balaban J connectivity index is 1.54. The van der Waals surface area contributed by atoms with Crippen LogP contribution < -0.4 is 5.32 Å². The van der Waals surface area contributed by atoms with Gasteiger partial charge in [-0.25, -0.2) is 14.3 Å². The average molecular weight is 276 g/mol. The van der Waals surface area contributed by atoms with Gasteiger partial charge in [0.2, 0.25) is 0 Å². The van der Waals surface area contributed by atoms with Crippen molar-refractivity contribution in [2.75, 3.05) is 0 Å². The van der Waals surface area contributed by atoms with E-state index in [0.29, 0.717) is 12.6 Å². The van der Waals surface area contributed by atoms with Crippen molar-refractivity contribution in [3.8, 4) is 0 Å². The van der Waals surface area contributed by atoms with E-state index in [1.807, 2.05) is 9.36 Å². The highest BCUT2D eigenvalue weighted by molar-refractivity contribution is 4.93. The number of nitrogens with one attached hydrogen (secondary N) is 1. The second kappa shape index (κ2) is 6.08. The molecule has 0 fully saturated rings. The molecule has 3 heterocycles. The summed E-state index contributed by atoms with van der Waals surface area (Å²) < 4.78 is 3.86. The summed E-state index contributed by atoms with van der Waals surface area (Å²) in [6, 6.07) is 0.403. The summed E-state index contributed by atoms with van der Waals surface area (Å²) in [4.78, 5) is 4.24. The van der Waals surface area contributed by atoms with Gasteiger partial charge in [0.25, 0.3) is 0 Å². The number of aryl methyl sites for hydroxylation is 2. The molecule has 2 aromatic rings. The molecule has 1 atom stereocenters. The molecule has 8 nitrogen and oxygen atoms in total. The Bertz CT molecular complexity index is 545. The van der Waals surface area contributed by atoms with Crippen molar-refractivity contribution in [2.24, 2.45) is 0 Å². The van der Waals surface area contributed by atoms with Crippen LogP contribution in [0.4, 0.5) is 0 Å². The lowest BCUT2D eigenvalue weighted by Gasteiger charge is -2.23. The predicted octanol–water partition coefficient (Wildman–Crippen LogP) is 0.169. The van der Waals surface area contributed by atoms with Crippen LogP contribution >= 0.6 is 0 Å². The van der Waals surface area contributed by atoms with Gasteiger partial charge in [0.1, 0.15) is 12.2 Å². The maximum absolute atomic E-state index is 4.24. The van der Waals surface area contributed by atoms with Crippen molar-refractivity contribution in [1.82, 2.24) is 40.3 Å². The number of unbranched alkanes of at least 4 members (excludes halogenated alkanes) is 1. The fourth-order valence-electron chi connectivity index (χ4n) is 2.47. The molecule has 0 radical (unpaired) electrons. The zero-order valence-electron chi connectivity index (χ0n) is 11.7. The Kier molecular flexibility index (Phi) is 4.00. The summed E-state index contributed by atoms with van der Waals surface area (Å²) >= 11 is 0. The van der Waals surface area contributed by atoms with Gasteiger partial charge in [-0.1, -0.05) is 13.3 Å². The molecule has 1 aliphatic rings. The Labute approximate surface area is 117 Å². The lowest BCUT2D eigenvalue weighted by atomic mass is 10.1. The van der Waals surface area contributed by atoms with Crippen LogP contribution in [0.2, 0.25) is 0 Å². The van der Waals surface area contributed by atoms with Crippen molar-refractivity contribution < 1.29 is 0 Å². The van der Waals surface area contributed by atoms with E-state index in [1.54, 1.807) is 6.33 Å². The van der Waals surface area contributed by atoms with Crippen molar-refractivity contribution in [3.05, 3.63) is 18.0 Å². The Hall–Kier alpha value is -1.83. The Morgan fingerprint density at radius 1 is 1.45 bits per heavy atom. The van der Waals surface area contributed by atoms with E-state index < -0.39 is 0 Å². The summed E-state index contributed by atoms with van der Waals surface area (Å²) in [5, 5.41) is 19.6. The van der Waals surface area contributed by atoms with Crippen molar-refractivity contribution in [1.29, 1.82) is 0 Å². The predicted molar refractivity (Wildman–Crippen MR) is 71.7 cm³/mol. The van der Waals surface area contributed by atoms with Crippen LogP contribution in [0.5, 0.6) is 0 Å². The van der Waals surface area contributed by atoms with Gasteiger partial charge in [0, 0.05) is 19.0 Å². The molecule has 0 saturated heterocycles. The van der Waals surface area contributed by atoms with Crippen LogP contribution in [0.1, 0.15) is 37.8 Å². The lowest BCUT2D eigenvalue weighted by molar-refractivity contribution is 0.351. The number of hydrogen-bond donors (Lipinski definition) is 1. The number of fused-ring (bicyclic) bond motifs is 1. The molecule has 0 aromatic carbocycles. The zero-order valence-corrected chi connectivity index (χ0v) is 11.7. The van der Waals surface area contributed by atoms with Crippen molar-refractivity contribution in [3.63, 3.8) is 0 Å². The second-order valence-corrected chi connectivity index (χ2v) is 5.15. The quantitative estimate of drug-likeness (QED) is 0.809. The third kappa shape index (κ3) is 2.84. The van der Waals surface area contributed by atoms with Gasteiger partial charge >= 0.3 is 0 Å². The average Bonchev–Trinajstić information content (AvgIpc) is 3.11. The highest BCUT2D eigenvalue weighted by Crippen LogP contribution is 2.11. The number of rotatable bonds is 6. The van der Waals surface area contributed by atoms with Crippen LogP contribution in [-0.2, 0) is 26.1 Å². The highest BCUT2D eigenvalue weighted by Gasteiger charge is 2.19. The Morgan fingerprint density at radius 2 is 2.40 bits per heavy atom. The van der Waals surface area contributed by atoms with Gasteiger partial charge in [-0.05, 0) is 23.3 Å². The topological polar surface area (TPSA) is 86.3 Å². The molecule has 0 saturated carbocycles. The molecule has 2 aromatic heterocycles. The molecular weight excluding hydrogens is 256 g/mol. The largest absolute Gasteiger partial charge is 0.305 e. The molecule has 0 aliphatic carbocycles. The molecule has 3 rings (SSSR count). The molecule has 0 unspecified atom stereocenters. The zero-order chi connectivity index (χ0) is 13.8. The van der Waals surface area contributed by atoms with E-state index in [1.165, 1.54) is 0 Å². The minimum atomic E-state index is 0.403. The maximum atomic E-state index is 4.24. The van der Waals surface area contributed by atoms with E-state index in [2.05, 4.69) is 37.8 Å². The fraction of sp³-hybridized carbons (Fsp3) is 0.750. The molecule has 0 bridgehead atoms. The third-order valence-corrected chi connectivity index (χ3v) is 3.68. The first kappa shape index (κ1) is 13.2. The summed E-state index contributed by atoms with van der Waals surface area (Å²) in [5.41, 5.74) is 0. The molecule has 0 spiro atoms.